The first-order valence-corrected chi connectivity index (χ1v) is 13.2. The molecule has 4 saturated carbocycles. The zero-order valence-corrected chi connectivity index (χ0v) is 21.3. The molecule has 0 aliphatic heterocycles. The van der Waals surface area contributed by atoms with Gasteiger partial charge in [0.05, 0.1) is 18.1 Å². The summed E-state index contributed by atoms with van der Waals surface area (Å²) in [6, 6.07) is 0. The average molecular weight is 505 g/mol. The number of Topliss-reactive ketones (excluding diaryl/α,β-unsaturated/α-hetero) is 1. The molecule has 4 fully saturated rings. The van der Waals surface area contributed by atoms with E-state index in [-0.39, 0.29) is 23.9 Å². The number of aliphatic hydroxyl groups excluding tert-OH is 1. The van der Waals surface area contributed by atoms with Gasteiger partial charge in [0, 0.05) is 31.1 Å². The number of esters is 1. The number of alkyl halides is 1. The molecule has 0 amide bonds. The lowest BCUT2D eigenvalue weighted by Crippen LogP contribution is -2.66. The lowest BCUT2D eigenvalue weighted by molar-refractivity contribution is -0.234. The first-order valence-electron chi connectivity index (χ1n) is 13.2. The van der Waals surface area contributed by atoms with Crippen molar-refractivity contribution in [2.45, 2.75) is 95.8 Å². The third-order valence-electron chi connectivity index (χ3n) is 10.2. The van der Waals surface area contributed by atoms with Crippen LogP contribution in [-0.2, 0) is 23.9 Å². The van der Waals surface area contributed by atoms with Crippen LogP contribution in [0.2, 0.25) is 0 Å². The lowest BCUT2D eigenvalue weighted by Gasteiger charge is -2.61. The molecule has 8 heteroatoms. The van der Waals surface area contributed by atoms with Crippen LogP contribution in [0.4, 0.5) is 4.39 Å². The van der Waals surface area contributed by atoms with Gasteiger partial charge in [-0.25, -0.2) is 4.39 Å². The normalized spacial score (nSPS) is 44.9. The van der Waals surface area contributed by atoms with Crippen molar-refractivity contribution >= 4 is 17.5 Å². The van der Waals surface area contributed by atoms with Crippen molar-refractivity contribution in [1.82, 2.24) is 0 Å². The molecular formula is C28H37FO7. The summed E-state index contributed by atoms with van der Waals surface area (Å²) >= 11 is 0. The summed E-state index contributed by atoms with van der Waals surface area (Å²) in [5.74, 6) is -4.01. The van der Waals surface area contributed by atoms with Crippen LogP contribution in [0.5, 0.6) is 0 Å². The van der Waals surface area contributed by atoms with Crippen LogP contribution < -0.4 is 0 Å². The Kier molecular flexibility index (Phi) is 6.12. The van der Waals surface area contributed by atoms with Crippen LogP contribution in [0.1, 0.15) is 72.1 Å². The zero-order valence-electron chi connectivity index (χ0n) is 21.3. The van der Waals surface area contributed by atoms with Crippen molar-refractivity contribution in [1.29, 1.82) is 0 Å². The summed E-state index contributed by atoms with van der Waals surface area (Å²) < 4.78 is 28.7. The van der Waals surface area contributed by atoms with Crippen molar-refractivity contribution < 1.29 is 38.5 Å². The number of ether oxygens (including phenoxy) is 2. The highest BCUT2D eigenvalue weighted by Crippen LogP contribution is 2.69. The Morgan fingerprint density at radius 3 is 2.56 bits per heavy atom. The van der Waals surface area contributed by atoms with Gasteiger partial charge in [0.15, 0.2) is 23.0 Å². The fraction of sp³-hybridized carbons (Fsp3) is 0.750. The Labute approximate surface area is 211 Å². The van der Waals surface area contributed by atoms with E-state index in [4.69, 9.17) is 9.47 Å². The number of hydrogen-bond acceptors (Lipinski definition) is 7. The monoisotopic (exact) mass is 504 g/mol. The van der Waals surface area contributed by atoms with Gasteiger partial charge in [0.2, 0.25) is 0 Å². The molecule has 0 saturated heterocycles. The van der Waals surface area contributed by atoms with Crippen LogP contribution in [0, 0.1) is 28.6 Å². The molecule has 36 heavy (non-hydrogen) atoms. The molecule has 0 unspecified atom stereocenters. The van der Waals surface area contributed by atoms with Gasteiger partial charge in [-0.2, -0.15) is 0 Å². The Hall–Kier alpha value is -1.90. The SMILES string of the molecule is CC(=O)OCC(=O)[C@H]1[C@H](OC2(O)CCCC2)C[C@H]2[C@@H]3CCC4=CC(=O)C=C[C@]4(C)[C@@]3(F)[C@@H](O)C[C@@]21C. The van der Waals surface area contributed by atoms with Gasteiger partial charge in [-0.3, -0.25) is 14.4 Å². The molecule has 0 aromatic rings. The van der Waals surface area contributed by atoms with E-state index in [1.165, 1.54) is 19.1 Å². The number of hydrogen-bond donors (Lipinski definition) is 2. The van der Waals surface area contributed by atoms with Gasteiger partial charge in [0.1, 0.15) is 6.61 Å². The van der Waals surface area contributed by atoms with Gasteiger partial charge in [-0.1, -0.05) is 18.6 Å². The first-order chi connectivity index (χ1) is 16.8. The van der Waals surface area contributed by atoms with Crippen LogP contribution in [-0.4, -0.2) is 58.0 Å². The van der Waals surface area contributed by atoms with E-state index in [9.17, 15) is 24.6 Å². The summed E-state index contributed by atoms with van der Waals surface area (Å²) in [6.45, 7) is 4.48. The minimum absolute atomic E-state index is 0.0318. The number of allylic oxidation sites excluding steroid dienone is 4. The Balaban J connectivity index is 1.53. The van der Waals surface area contributed by atoms with Crippen LogP contribution in [0.15, 0.2) is 23.8 Å². The van der Waals surface area contributed by atoms with Crippen LogP contribution in [0.25, 0.3) is 0 Å². The van der Waals surface area contributed by atoms with Gasteiger partial charge >= 0.3 is 5.97 Å². The molecule has 0 spiro atoms. The number of ketones is 2. The minimum Gasteiger partial charge on any atom is -0.458 e. The van der Waals surface area contributed by atoms with Crippen molar-refractivity contribution in [3.8, 4) is 0 Å². The van der Waals surface area contributed by atoms with Gasteiger partial charge in [-0.05, 0) is 68.9 Å². The van der Waals surface area contributed by atoms with Crippen molar-refractivity contribution in [2.24, 2.45) is 28.6 Å². The van der Waals surface area contributed by atoms with E-state index in [1.807, 2.05) is 6.92 Å². The van der Waals surface area contributed by atoms with Gasteiger partial charge in [-0.15, -0.1) is 0 Å². The van der Waals surface area contributed by atoms with E-state index in [0.29, 0.717) is 37.7 Å². The predicted octanol–water partition coefficient (Wildman–Crippen LogP) is 3.36. The molecule has 0 heterocycles. The number of rotatable bonds is 5. The molecule has 2 N–H and O–H groups in total. The molecule has 0 bridgehead atoms. The van der Waals surface area contributed by atoms with Crippen molar-refractivity contribution in [3.63, 3.8) is 0 Å². The summed E-state index contributed by atoms with van der Waals surface area (Å²) in [4.78, 5) is 37.0. The molecule has 8 atom stereocenters. The third kappa shape index (κ3) is 3.66. The van der Waals surface area contributed by atoms with Crippen molar-refractivity contribution in [2.75, 3.05) is 6.61 Å². The number of fused-ring (bicyclic) bond motifs is 5. The Morgan fingerprint density at radius 1 is 1.19 bits per heavy atom. The van der Waals surface area contributed by atoms with E-state index in [1.54, 1.807) is 13.0 Å². The molecule has 0 aromatic heterocycles. The smallest absolute Gasteiger partial charge is 0.303 e. The average Bonchev–Trinajstić information content (AvgIpc) is 3.34. The third-order valence-corrected chi connectivity index (χ3v) is 10.2. The molecule has 0 aromatic carbocycles. The maximum Gasteiger partial charge on any atom is 0.303 e. The van der Waals surface area contributed by atoms with Gasteiger partial charge in [0.25, 0.3) is 0 Å². The van der Waals surface area contributed by atoms with Crippen LogP contribution in [0.3, 0.4) is 0 Å². The molecule has 5 aliphatic carbocycles. The summed E-state index contributed by atoms with van der Waals surface area (Å²) in [5.41, 5.74) is -3.24. The Bertz CT molecular complexity index is 1030. The highest BCUT2D eigenvalue weighted by Gasteiger charge is 2.72. The molecule has 5 aliphatic rings. The minimum atomic E-state index is -2.01. The molecule has 0 radical (unpaired) electrons. The second kappa shape index (κ2) is 8.57. The highest BCUT2D eigenvalue weighted by atomic mass is 19.1. The van der Waals surface area contributed by atoms with E-state index in [2.05, 4.69) is 0 Å². The standard InChI is InChI=1S/C28H37FO7/c1-16(30)35-15-21(32)24-22(36-27(34)9-4-5-10-27)13-20-19-7-6-17-12-18(31)8-11-26(17,3)28(19,29)23(33)14-25(20,24)2/h8,11-12,19-20,22-24,33-34H,4-7,9-10,13-15H2,1-3H3/t19-,20-,22+,23-,24-,25-,26-,28-/m0/s1. The van der Waals surface area contributed by atoms with E-state index in [0.717, 1.165) is 12.8 Å². The molecular weight excluding hydrogens is 467 g/mol. The number of carbonyl (C=O) groups excluding carboxylic acids is 3. The van der Waals surface area contributed by atoms with Crippen molar-refractivity contribution in [3.05, 3.63) is 23.8 Å². The number of halogens is 1. The molecule has 198 valence electrons. The lowest BCUT2D eigenvalue weighted by atomic mass is 9.45. The first kappa shape index (κ1) is 25.7. The predicted molar refractivity (Wildman–Crippen MR) is 127 cm³/mol. The quantitative estimate of drug-likeness (QED) is 0.436. The van der Waals surface area contributed by atoms with Crippen LogP contribution >= 0.6 is 0 Å². The van der Waals surface area contributed by atoms with E-state index < -0.39 is 58.9 Å². The zero-order chi connectivity index (χ0) is 26.1. The largest absolute Gasteiger partial charge is 0.458 e. The number of aliphatic hydroxyl groups is 2. The second-order valence-electron chi connectivity index (χ2n) is 12.1. The maximum atomic E-state index is 17.4. The summed E-state index contributed by atoms with van der Waals surface area (Å²) in [5, 5.41) is 22.5. The molecule has 5 rings (SSSR count). The highest BCUT2D eigenvalue weighted by molar-refractivity contribution is 6.01. The fourth-order valence-electron chi connectivity index (χ4n) is 8.48. The second-order valence-corrected chi connectivity index (χ2v) is 12.1. The fourth-order valence-corrected chi connectivity index (χ4v) is 8.48. The summed E-state index contributed by atoms with van der Waals surface area (Å²) in [7, 11) is 0. The molecule has 7 nitrogen and oxygen atoms in total. The topological polar surface area (TPSA) is 110 Å². The van der Waals surface area contributed by atoms with Gasteiger partial charge < -0.3 is 19.7 Å². The summed E-state index contributed by atoms with van der Waals surface area (Å²) in [6.07, 6.45) is 6.42. The van der Waals surface area contributed by atoms with E-state index >= 15 is 4.39 Å². The Morgan fingerprint density at radius 2 is 1.89 bits per heavy atom. The number of carbonyl (C=O) groups is 3. The maximum absolute atomic E-state index is 17.4.